The highest BCUT2D eigenvalue weighted by molar-refractivity contribution is 5.80. The van der Waals surface area contributed by atoms with E-state index in [0.717, 1.165) is 0 Å². The number of phenols is 1. The molecule has 3 aromatic rings. The first kappa shape index (κ1) is 13.3. The zero-order valence-corrected chi connectivity index (χ0v) is 10.5. The molecule has 0 fully saturated rings. The molecule has 0 atom stereocenters. The highest BCUT2D eigenvalue weighted by Crippen LogP contribution is 2.27. The Morgan fingerprint density at radius 3 is 2.43 bits per heavy atom. The maximum Gasteiger partial charge on any atom is 0.573 e. The van der Waals surface area contributed by atoms with Gasteiger partial charge < -0.3 is 14.8 Å². The number of rotatable bonds is 2. The van der Waals surface area contributed by atoms with Gasteiger partial charge in [0.2, 0.25) is 0 Å². The van der Waals surface area contributed by atoms with Crippen LogP contribution in [0.3, 0.4) is 0 Å². The van der Waals surface area contributed by atoms with Crippen LogP contribution in [0.15, 0.2) is 42.5 Å². The molecule has 0 aliphatic rings. The van der Waals surface area contributed by atoms with E-state index in [9.17, 15) is 18.3 Å². The monoisotopic (exact) mass is 294 g/mol. The number of halogens is 3. The van der Waals surface area contributed by atoms with Gasteiger partial charge in [-0.25, -0.2) is 4.98 Å². The summed E-state index contributed by atoms with van der Waals surface area (Å²) in [5.74, 6) is 0.306. The number of hydrogen-bond acceptors (Lipinski definition) is 3. The van der Waals surface area contributed by atoms with E-state index in [0.29, 0.717) is 22.4 Å². The molecule has 2 aromatic carbocycles. The van der Waals surface area contributed by atoms with Gasteiger partial charge in [-0.05, 0) is 36.4 Å². The van der Waals surface area contributed by atoms with Crippen molar-refractivity contribution >= 4 is 11.0 Å². The number of hydrogen-bond donors (Lipinski definition) is 2. The number of aromatic hydroxyl groups is 1. The van der Waals surface area contributed by atoms with E-state index in [1.807, 2.05) is 0 Å². The summed E-state index contributed by atoms with van der Waals surface area (Å²) in [6, 6.07) is 10.0. The van der Waals surface area contributed by atoms with E-state index >= 15 is 0 Å². The minimum atomic E-state index is -4.71. The molecule has 0 radical (unpaired) electrons. The molecule has 0 spiro atoms. The molecule has 0 aliphatic heterocycles. The van der Waals surface area contributed by atoms with Crippen LogP contribution in [0.1, 0.15) is 0 Å². The number of ether oxygens (including phenoxy) is 1. The Hall–Kier alpha value is -2.70. The molecule has 4 nitrogen and oxygen atoms in total. The lowest BCUT2D eigenvalue weighted by molar-refractivity contribution is -0.274. The normalized spacial score (nSPS) is 11.8. The number of phenolic OH excluding ortho intramolecular Hbond substituents is 1. The number of aromatic nitrogens is 2. The quantitative estimate of drug-likeness (QED) is 0.755. The van der Waals surface area contributed by atoms with Gasteiger partial charge in [0.1, 0.15) is 17.3 Å². The van der Waals surface area contributed by atoms with Gasteiger partial charge in [0.15, 0.2) is 0 Å². The van der Waals surface area contributed by atoms with Crippen LogP contribution in [0.4, 0.5) is 13.2 Å². The fourth-order valence-corrected chi connectivity index (χ4v) is 1.95. The molecule has 0 saturated heterocycles. The van der Waals surface area contributed by atoms with Crippen molar-refractivity contribution in [1.29, 1.82) is 0 Å². The third-order valence-electron chi connectivity index (χ3n) is 2.83. The standard InChI is InChI=1S/C14H9F3N2O2/c15-14(16,17)21-10-4-1-8(2-5-10)13-18-11-6-3-9(20)7-12(11)19-13/h1-7,20H,(H,18,19). The first-order valence-corrected chi connectivity index (χ1v) is 5.96. The molecule has 2 N–H and O–H groups in total. The predicted octanol–water partition coefficient (Wildman–Crippen LogP) is 3.83. The van der Waals surface area contributed by atoms with Crippen molar-refractivity contribution in [3.05, 3.63) is 42.5 Å². The second-order valence-electron chi connectivity index (χ2n) is 4.36. The van der Waals surface area contributed by atoms with Crippen molar-refractivity contribution < 1.29 is 23.0 Å². The SMILES string of the molecule is Oc1ccc2nc(-c3ccc(OC(F)(F)F)cc3)[nH]c2c1. The third-order valence-corrected chi connectivity index (χ3v) is 2.83. The van der Waals surface area contributed by atoms with Gasteiger partial charge in [-0.3, -0.25) is 0 Å². The Balaban J connectivity index is 1.91. The lowest BCUT2D eigenvalue weighted by atomic mass is 10.2. The number of benzene rings is 2. The van der Waals surface area contributed by atoms with Gasteiger partial charge in [-0.2, -0.15) is 0 Å². The number of nitrogens with zero attached hydrogens (tertiary/aromatic N) is 1. The van der Waals surface area contributed by atoms with Crippen LogP contribution in [-0.4, -0.2) is 21.4 Å². The summed E-state index contributed by atoms with van der Waals surface area (Å²) in [5.41, 5.74) is 1.90. The van der Waals surface area contributed by atoms with Crippen molar-refractivity contribution in [2.45, 2.75) is 6.36 Å². The number of fused-ring (bicyclic) bond motifs is 1. The summed E-state index contributed by atoms with van der Waals surface area (Å²) in [5, 5.41) is 9.38. The van der Waals surface area contributed by atoms with E-state index < -0.39 is 6.36 Å². The molecule has 0 aliphatic carbocycles. The van der Waals surface area contributed by atoms with Crippen molar-refractivity contribution in [1.82, 2.24) is 9.97 Å². The molecular formula is C14H9F3N2O2. The minimum Gasteiger partial charge on any atom is -0.508 e. The Kier molecular flexibility index (Phi) is 2.97. The summed E-state index contributed by atoms with van der Waals surface area (Å²) in [4.78, 5) is 7.28. The maximum atomic E-state index is 12.1. The summed E-state index contributed by atoms with van der Waals surface area (Å²) >= 11 is 0. The number of aromatic amines is 1. The lowest BCUT2D eigenvalue weighted by Crippen LogP contribution is -2.16. The van der Waals surface area contributed by atoms with E-state index in [-0.39, 0.29) is 11.5 Å². The lowest BCUT2D eigenvalue weighted by Gasteiger charge is -2.08. The van der Waals surface area contributed by atoms with Crippen LogP contribution in [0.2, 0.25) is 0 Å². The van der Waals surface area contributed by atoms with Gasteiger partial charge in [0, 0.05) is 11.6 Å². The van der Waals surface area contributed by atoms with Crippen molar-refractivity contribution in [2.24, 2.45) is 0 Å². The Labute approximate surface area is 116 Å². The number of H-pyrrole nitrogens is 1. The maximum absolute atomic E-state index is 12.1. The molecule has 7 heteroatoms. The van der Waals surface area contributed by atoms with Crippen LogP contribution in [0.25, 0.3) is 22.4 Å². The highest BCUT2D eigenvalue weighted by Gasteiger charge is 2.30. The molecule has 1 heterocycles. The van der Waals surface area contributed by atoms with Crippen LogP contribution >= 0.6 is 0 Å². The van der Waals surface area contributed by atoms with Crippen LogP contribution < -0.4 is 4.74 Å². The zero-order valence-electron chi connectivity index (χ0n) is 10.5. The van der Waals surface area contributed by atoms with Gasteiger partial charge in [-0.1, -0.05) is 0 Å². The highest BCUT2D eigenvalue weighted by atomic mass is 19.4. The van der Waals surface area contributed by atoms with Crippen LogP contribution in [-0.2, 0) is 0 Å². The molecule has 21 heavy (non-hydrogen) atoms. The molecule has 0 amide bonds. The molecule has 1 aromatic heterocycles. The van der Waals surface area contributed by atoms with Crippen LogP contribution in [0, 0.1) is 0 Å². The second kappa shape index (κ2) is 4.69. The fourth-order valence-electron chi connectivity index (χ4n) is 1.95. The second-order valence-corrected chi connectivity index (χ2v) is 4.36. The first-order valence-electron chi connectivity index (χ1n) is 5.96. The average molecular weight is 294 g/mol. The molecule has 0 saturated carbocycles. The summed E-state index contributed by atoms with van der Waals surface area (Å²) < 4.78 is 40.0. The summed E-state index contributed by atoms with van der Waals surface area (Å²) in [6.07, 6.45) is -4.71. The molecule has 0 bridgehead atoms. The minimum absolute atomic E-state index is 0.103. The van der Waals surface area contributed by atoms with E-state index in [1.165, 1.54) is 36.4 Å². The largest absolute Gasteiger partial charge is 0.573 e. The Morgan fingerprint density at radius 1 is 1.05 bits per heavy atom. The fraction of sp³-hybridized carbons (Fsp3) is 0.0714. The summed E-state index contributed by atoms with van der Waals surface area (Å²) in [6.45, 7) is 0. The van der Waals surface area contributed by atoms with Crippen molar-refractivity contribution in [3.63, 3.8) is 0 Å². The number of nitrogens with one attached hydrogen (secondary N) is 1. The smallest absolute Gasteiger partial charge is 0.508 e. The summed E-state index contributed by atoms with van der Waals surface area (Å²) in [7, 11) is 0. The van der Waals surface area contributed by atoms with Crippen molar-refractivity contribution in [2.75, 3.05) is 0 Å². The van der Waals surface area contributed by atoms with Crippen LogP contribution in [0.5, 0.6) is 11.5 Å². The zero-order chi connectivity index (χ0) is 15.0. The van der Waals surface area contributed by atoms with E-state index in [2.05, 4.69) is 14.7 Å². The average Bonchev–Trinajstić information content (AvgIpc) is 2.80. The van der Waals surface area contributed by atoms with Crippen molar-refractivity contribution in [3.8, 4) is 22.9 Å². The van der Waals surface area contributed by atoms with E-state index in [1.54, 1.807) is 6.07 Å². The molecule has 3 rings (SSSR count). The first-order chi connectivity index (χ1) is 9.90. The van der Waals surface area contributed by atoms with Gasteiger partial charge in [0.05, 0.1) is 11.0 Å². The molecular weight excluding hydrogens is 285 g/mol. The number of imidazole rings is 1. The van der Waals surface area contributed by atoms with E-state index in [4.69, 9.17) is 0 Å². The van der Waals surface area contributed by atoms with Gasteiger partial charge in [0.25, 0.3) is 0 Å². The number of alkyl halides is 3. The molecule has 0 unspecified atom stereocenters. The molecule has 108 valence electrons. The third kappa shape index (κ3) is 2.91. The predicted molar refractivity (Wildman–Crippen MR) is 69.9 cm³/mol. The Bertz CT molecular complexity index is 779. The van der Waals surface area contributed by atoms with Gasteiger partial charge in [-0.15, -0.1) is 13.2 Å². The topological polar surface area (TPSA) is 58.1 Å². The Morgan fingerprint density at radius 2 is 1.76 bits per heavy atom. The van der Waals surface area contributed by atoms with Gasteiger partial charge >= 0.3 is 6.36 Å².